The van der Waals surface area contributed by atoms with E-state index in [1.165, 1.54) is 12.1 Å². The fraction of sp³-hybridized carbons (Fsp3) is 0. The molecular formula is C10H6F2N2O2. The third-order valence-electron chi connectivity index (χ3n) is 2.01. The summed E-state index contributed by atoms with van der Waals surface area (Å²) in [5.41, 5.74) is -1.67. The first-order valence-corrected chi connectivity index (χ1v) is 4.36. The summed E-state index contributed by atoms with van der Waals surface area (Å²) in [5.74, 6) is -2.20. The molecule has 4 nitrogen and oxygen atoms in total. The van der Waals surface area contributed by atoms with Crippen molar-refractivity contribution in [1.29, 1.82) is 0 Å². The average Bonchev–Trinajstić information content (AvgIpc) is 2.23. The van der Waals surface area contributed by atoms with Gasteiger partial charge in [-0.25, -0.2) is 13.6 Å². The molecule has 1 aromatic heterocycles. The Morgan fingerprint density at radius 2 is 1.88 bits per heavy atom. The minimum Gasteiger partial charge on any atom is -0.274 e. The van der Waals surface area contributed by atoms with Gasteiger partial charge in [0.15, 0.2) is 11.6 Å². The van der Waals surface area contributed by atoms with Crippen molar-refractivity contribution in [2.45, 2.75) is 0 Å². The molecule has 0 atom stereocenters. The molecule has 1 aromatic carbocycles. The van der Waals surface area contributed by atoms with Gasteiger partial charge in [-0.15, -0.1) is 0 Å². The van der Waals surface area contributed by atoms with Crippen molar-refractivity contribution in [1.82, 2.24) is 9.55 Å². The highest BCUT2D eigenvalue weighted by atomic mass is 19.2. The lowest BCUT2D eigenvalue weighted by Crippen LogP contribution is -2.28. The van der Waals surface area contributed by atoms with Crippen molar-refractivity contribution in [3.8, 4) is 5.69 Å². The molecule has 0 fully saturated rings. The molecule has 1 N–H and O–H groups in total. The number of hydrogen-bond donors (Lipinski definition) is 1. The molecule has 0 bridgehead atoms. The van der Waals surface area contributed by atoms with Gasteiger partial charge >= 0.3 is 5.69 Å². The second-order valence-electron chi connectivity index (χ2n) is 3.05. The first kappa shape index (κ1) is 10.3. The van der Waals surface area contributed by atoms with Crippen LogP contribution in [-0.4, -0.2) is 9.55 Å². The number of hydrogen-bond acceptors (Lipinski definition) is 2. The zero-order chi connectivity index (χ0) is 11.7. The fourth-order valence-electron chi connectivity index (χ4n) is 1.29. The van der Waals surface area contributed by atoms with Gasteiger partial charge in [0.1, 0.15) is 0 Å². The maximum atomic E-state index is 13.3. The number of aromatic amines is 1. The third kappa shape index (κ3) is 1.65. The van der Waals surface area contributed by atoms with E-state index in [-0.39, 0.29) is 5.69 Å². The van der Waals surface area contributed by atoms with E-state index in [4.69, 9.17) is 0 Å². The summed E-state index contributed by atoms with van der Waals surface area (Å²) in [6, 6.07) is 4.49. The Labute approximate surface area is 87.8 Å². The molecule has 0 aliphatic carbocycles. The van der Waals surface area contributed by atoms with Gasteiger partial charge in [-0.3, -0.25) is 14.3 Å². The molecule has 82 valence electrons. The smallest absolute Gasteiger partial charge is 0.274 e. The molecule has 0 amide bonds. The van der Waals surface area contributed by atoms with Crippen LogP contribution in [0.3, 0.4) is 0 Å². The predicted octanol–water partition coefficient (Wildman–Crippen LogP) is 0.804. The summed E-state index contributed by atoms with van der Waals surface area (Å²) in [5, 5.41) is 0. The van der Waals surface area contributed by atoms with Crippen LogP contribution in [0.15, 0.2) is 40.1 Å². The molecule has 6 heteroatoms. The SMILES string of the molecule is O=c1ccn(-c2cccc(F)c2F)c(=O)[nH]1. The van der Waals surface area contributed by atoms with Crippen LogP contribution in [0.5, 0.6) is 0 Å². The quantitative estimate of drug-likeness (QED) is 0.779. The summed E-state index contributed by atoms with van der Waals surface area (Å²) in [6.07, 6.45) is 1.08. The number of benzene rings is 1. The maximum Gasteiger partial charge on any atom is 0.333 e. The first-order valence-electron chi connectivity index (χ1n) is 4.36. The zero-order valence-corrected chi connectivity index (χ0v) is 7.91. The second kappa shape index (κ2) is 3.73. The van der Waals surface area contributed by atoms with Crippen molar-refractivity contribution in [3.05, 3.63) is 62.9 Å². The largest absolute Gasteiger partial charge is 0.333 e. The molecule has 16 heavy (non-hydrogen) atoms. The molecule has 0 unspecified atom stereocenters. The topological polar surface area (TPSA) is 54.9 Å². The van der Waals surface area contributed by atoms with Crippen molar-refractivity contribution < 1.29 is 8.78 Å². The van der Waals surface area contributed by atoms with Crippen molar-refractivity contribution >= 4 is 0 Å². The Hall–Kier alpha value is -2.24. The average molecular weight is 224 g/mol. The van der Waals surface area contributed by atoms with Crippen molar-refractivity contribution in [2.75, 3.05) is 0 Å². The van der Waals surface area contributed by atoms with E-state index in [0.29, 0.717) is 0 Å². The Morgan fingerprint density at radius 1 is 1.12 bits per heavy atom. The van der Waals surface area contributed by atoms with Crippen LogP contribution in [0, 0.1) is 11.6 Å². The highest BCUT2D eigenvalue weighted by Crippen LogP contribution is 2.13. The van der Waals surface area contributed by atoms with Gasteiger partial charge in [0.25, 0.3) is 5.56 Å². The highest BCUT2D eigenvalue weighted by molar-refractivity contribution is 5.33. The second-order valence-corrected chi connectivity index (χ2v) is 3.05. The Balaban J connectivity index is 2.73. The number of aromatic nitrogens is 2. The molecule has 0 aliphatic rings. The van der Waals surface area contributed by atoms with Crippen LogP contribution in [0.1, 0.15) is 0 Å². The highest BCUT2D eigenvalue weighted by Gasteiger charge is 2.10. The van der Waals surface area contributed by atoms with E-state index in [0.717, 1.165) is 22.9 Å². The number of rotatable bonds is 1. The molecule has 1 heterocycles. The van der Waals surface area contributed by atoms with Crippen LogP contribution in [-0.2, 0) is 0 Å². The maximum absolute atomic E-state index is 13.3. The number of halogens is 2. The summed E-state index contributed by atoms with van der Waals surface area (Å²) < 4.78 is 27.1. The first-order chi connectivity index (χ1) is 7.59. The number of H-pyrrole nitrogens is 1. The number of nitrogens with one attached hydrogen (secondary N) is 1. The van der Waals surface area contributed by atoms with Gasteiger partial charge in [-0.2, -0.15) is 0 Å². The summed E-state index contributed by atoms with van der Waals surface area (Å²) >= 11 is 0. The molecular weight excluding hydrogens is 218 g/mol. The lowest BCUT2D eigenvalue weighted by Gasteiger charge is -2.05. The van der Waals surface area contributed by atoms with E-state index in [2.05, 4.69) is 0 Å². The van der Waals surface area contributed by atoms with Crippen LogP contribution in [0.2, 0.25) is 0 Å². The van der Waals surface area contributed by atoms with Gasteiger partial charge < -0.3 is 0 Å². The van der Waals surface area contributed by atoms with Gasteiger partial charge in [-0.05, 0) is 12.1 Å². The minimum atomic E-state index is -1.14. The van der Waals surface area contributed by atoms with E-state index in [1.807, 2.05) is 4.98 Å². The van der Waals surface area contributed by atoms with Crippen LogP contribution in [0.4, 0.5) is 8.78 Å². The van der Waals surface area contributed by atoms with Crippen molar-refractivity contribution in [3.63, 3.8) is 0 Å². The van der Waals surface area contributed by atoms with Gasteiger partial charge in [0.05, 0.1) is 5.69 Å². The monoisotopic (exact) mass is 224 g/mol. The lowest BCUT2D eigenvalue weighted by molar-refractivity contribution is 0.503. The van der Waals surface area contributed by atoms with Gasteiger partial charge in [-0.1, -0.05) is 6.07 Å². The van der Waals surface area contributed by atoms with Crippen molar-refractivity contribution in [2.24, 2.45) is 0 Å². The van der Waals surface area contributed by atoms with E-state index >= 15 is 0 Å². The van der Waals surface area contributed by atoms with Crippen LogP contribution < -0.4 is 11.2 Å². The fourth-order valence-corrected chi connectivity index (χ4v) is 1.29. The molecule has 0 spiro atoms. The van der Waals surface area contributed by atoms with E-state index in [9.17, 15) is 18.4 Å². The van der Waals surface area contributed by atoms with E-state index in [1.54, 1.807) is 0 Å². The van der Waals surface area contributed by atoms with Gasteiger partial charge in [0, 0.05) is 12.3 Å². The number of nitrogens with zero attached hydrogens (tertiary/aromatic N) is 1. The Bertz CT molecular complexity index is 646. The molecule has 0 saturated carbocycles. The summed E-state index contributed by atoms with van der Waals surface area (Å²) in [6.45, 7) is 0. The minimum absolute atomic E-state index is 0.249. The summed E-state index contributed by atoms with van der Waals surface area (Å²) in [4.78, 5) is 24.1. The Kier molecular flexibility index (Phi) is 2.40. The lowest BCUT2D eigenvalue weighted by atomic mass is 10.3. The summed E-state index contributed by atoms with van der Waals surface area (Å²) in [7, 11) is 0. The van der Waals surface area contributed by atoms with E-state index < -0.39 is 22.9 Å². The standard InChI is InChI=1S/C10H6F2N2O2/c11-6-2-1-3-7(9(6)12)14-5-4-8(15)13-10(14)16/h1-5H,(H,13,15,16). The zero-order valence-electron chi connectivity index (χ0n) is 7.91. The van der Waals surface area contributed by atoms with Crippen LogP contribution in [0.25, 0.3) is 5.69 Å². The molecule has 0 saturated heterocycles. The van der Waals surface area contributed by atoms with Crippen LogP contribution >= 0.6 is 0 Å². The Morgan fingerprint density at radius 3 is 2.56 bits per heavy atom. The third-order valence-corrected chi connectivity index (χ3v) is 2.01. The molecule has 2 rings (SSSR count). The predicted molar refractivity (Wildman–Crippen MR) is 52.6 cm³/mol. The molecule has 0 radical (unpaired) electrons. The molecule has 0 aliphatic heterocycles. The normalized spacial score (nSPS) is 10.4. The molecule has 2 aromatic rings. The van der Waals surface area contributed by atoms with Gasteiger partial charge in [0.2, 0.25) is 0 Å².